The minimum atomic E-state index is -0.293. The maximum absolute atomic E-state index is 11.2. The number of para-hydroxylation sites is 1. The SMILES string of the molecule is COc1ccc(C(CNC(C)CC(N)=O)c2c[nH]c3ccccc23)cc1. The van der Waals surface area contributed by atoms with Crippen molar-refractivity contribution in [2.24, 2.45) is 5.73 Å². The second-order valence-corrected chi connectivity index (χ2v) is 6.60. The first-order valence-electron chi connectivity index (χ1n) is 8.80. The lowest BCUT2D eigenvalue weighted by Crippen LogP contribution is -2.34. The summed E-state index contributed by atoms with van der Waals surface area (Å²) in [4.78, 5) is 14.5. The van der Waals surface area contributed by atoms with Gasteiger partial charge in [0.05, 0.1) is 7.11 Å². The first-order valence-corrected chi connectivity index (χ1v) is 8.80. The van der Waals surface area contributed by atoms with Crippen LogP contribution in [0.1, 0.15) is 30.4 Å². The van der Waals surface area contributed by atoms with Crippen molar-refractivity contribution in [1.82, 2.24) is 10.3 Å². The molecule has 1 heterocycles. The molecule has 0 aliphatic heterocycles. The molecule has 5 nitrogen and oxygen atoms in total. The maximum atomic E-state index is 11.2. The number of fused-ring (bicyclic) bond motifs is 1. The summed E-state index contributed by atoms with van der Waals surface area (Å²) in [6.07, 6.45) is 2.39. The predicted molar refractivity (Wildman–Crippen MR) is 104 cm³/mol. The lowest BCUT2D eigenvalue weighted by Gasteiger charge is -2.21. The number of hydrogen-bond acceptors (Lipinski definition) is 3. The molecule has 5 heteroatoms. The molecule has 3 rings (SSSR count). The van der Waals surface area contributed by atoms with Crippen molar-refractivity contribution in [3.63, 3.8) is 0 Å². The number of carbonyl (C=O) groups is 1. The zero-order valence-electron chi connectivity index (χ0n) is 15.2. The fraction of sp³-hybridized carbons (Fsp3) is 0.286. The number of carbonyl (C=O) groups excluding carboxylic acids is 1. The highest BCUT2D eigenvalue weighted by molar-refractivity contribution is 5.84. The van der Waals surface area contributed by atoms with Crippen molar-refractivity contribution in [3.8, 4) is 5.75 Å². The number of H-pyrrole nitrogens is 1. The Labute approximate surface area is 153 Å². The number of primary amides is 1. The van der Waals surface area contributed by atoms with Crippen LogP contribution in [-0.4, -0.2) is 30.6 Å². The highest BCUT2D eigenvalue weighted by atomic mass is 16.5. The molecular formula is C21H25N3O2. The largest absolute Gasteiger partial charge is 0.497 e. The second kappa shape index (κ2) is 8.06. The van der Waals surface area contributed by atoms with Gasteiger partial charge in [-0.1, -0.05) is 30.3 Å². The number of ether oxygens (including phenoxy) is 1. The molecule has 136 valence electrons. The molecule has 0 spiro atoms. The Balaban J connectivity index is 1.91. The molecule has 0 saturated carbocycles. The van der Waals surface area contributed by atoms with Gasteiger partial charge in [-0.25, -0.2) is 0 Å². The number of hydrogen-bond donors (Lipinski definition) is 3. The van der Waals surface area contributed by atoms with Crippen LogP contribution in [0.3, 0.4) is 0 Å². The summed E-state index contributed by atoms with van der Waals surface area (Å²) < 4.78 is 5.28. The Kier molecular flexibility index (Phi) is 5.58. The van der Waals surface area contributed by atoms with E-state index in [9.17, 15) is 4.79 Å². The number of nitrogens with one attached hydrogen (secondary N) is 2. The Morgan fingerprint density at radius 3 is 2.62 bits per heavy atom. The molecule has 0 fully saturated rings. The van der Waals surface area contributed by atoms with E-state index in [1.165, 1.54) is 16.5 Å². The highest BCUT2D eigenvalue weighted by Crippen LogP contribution is 2.31. The second-order valence-electron chi connectivity index (χ2n) is 6.60. The Morgan fingerprint density at radius 1 is 1.19 bits per heavy atom. The summed E-state index contributed by atoms with van der Waals surface area (Å²) in [6.45, 7) is 2.69. The van der Waals surface area contributed by atoms with Gasteiger partial charge in [0, 0.05) is 42.0 Å². The molecule has 0 saturated heterocycles. The first kappa shape index (κ1) is 18.0. The zero-order chi connectivity index (χ0) is 18.5. The molecule has 0 aliphatic carbocycles. The standard InChI is InChI=1S/C21H25N3O2/c1-14(11-21(22)25)23-12-18(15-7-9-16(26-2)10-8-15)19-13-24-20-6-4-3-5-17(19)20/h3-10,13-14,18,23-24H,11-12H2,1-2H3,(H2,22,25). The fourth-order valence-electron chi connectivity index (χ4n) is 3.32. The Morgan fingerprint density at radius 2 is 1.92 bits per heavy atom. The molecule has 0 aliphatic rings. The summed E-state index contributed by atoms with van der Waals surface area (Å²) in [5.74, 6) is 0.687. The molecule has 1 amide bonds. The van der Waals surface area contributed by atoms with Gasteiger partial charge in [0.2, 0.25) is 5.91 Å². The van der Waals surface area contributed by atoms with E-state index < -0.39 is 0 Å². The summed E-state index contributed by atoms with van der Waals surface area (Å²) >= 11 is 0. The summed E-state index contributed by atoms with van der Waals surface area (Å²) in [7, 11) is 1.67. The van der Waals surface area contributed by atoms with Gasteiger partial charge in [-0.3, -0.25) is 4.79 Å². The van der Waals surface area contributed by atoms with Crippen LogP contribution in [0.2, 0.25) is 0 Å². The van der Waals surface area contributed by atoms with Gasteiger partial charge < -0.3 is 20.8 Å². The molecule has 26 heavy (non-hydrogen) atoms. The van der Waals surface area contributed by atoms with Crippen molar-refractivity contribution in [2.75, 3.05) is 13.7 Å². The molecule has 2 aromatic carbocycles. The van der Waals surface area contributed by atoms with E-state index >= 15 is 0 Å². The summed E-state index contributed by atoms with van der Waals surface area (Å²) in [5, 5.41) is 4.65. The quantitative estimate of drug-likeness (QED) is 0.583. The number of methoxy groups -OCH3 is 1. The Bertz CT molecular complexity index is 870. The van der Waals surface area contributed by atoms with E-state index in [1.807, 2.05) is 31.2 Å². The summed E-state index contributed by atoms with van der Waals surface area (Å²) in [6, 6.07) is 16.4. The van der Waals surface area contributed by atoms with Crippen LogP contribution in [0.25, 0.3) is 10.9 Å². The van der Waals surface area contributed by atoms with Crippen molar-refractivity contribution in [3.05, 3.63) is 65.9 Å². The van der Waals surface area contributed by atoms with Gasteiger partial charge >= 0.3 is 0 Å². The molecule has 0 radical (unpaired) electrons. The average Bonchev–Trinajstić information content (AvgIpc) is 3.06. The van der Waals surface area contributed by atoms with Gasteiger partial charge in [0.1, 0.15) is 5.75 Å². The first-order chi connectivity index (χ1) is 12.6. The third-order valence-electron chi connectivity index (χ3n) is 4.69. The lowest BCUT2D eigenvalue weighted by atomic mass is 9.90. The van der Waals surface area contributed by atoms with Gasteiger partial charge in [-0.2, -0.15) is 0 Å². The van der Waals surface area contributed by atoms with Crippen molar-refractivity contribution < 1.29 is 9.53 Å². The minimum Gasteiger partial charge on any atom is -0.497 e. The van der Waals surface area contributed by atoms with E-state index in [-0.39, 0.29) is 17.9 Å². The predicted octanol–water partition coefficient (Wildman–Crippen LogP) is 3.16. The molecular weight excluding hydrogens is 326 g/mol. The fourth-order valence-corrected chi connectivity index (χ4v) is 3.32. The lowest BCUT2D eigenvalue weighted by molar-refractivity contribution is -0.118. The van der Waals surface area contributed by atoms with Crippen LogP contribution in [0.5, 0.6) is 5.75 Å². The van der Waals surface area contributed by atoms with Crippen molar-refractivity contribution in [1.29, 1.82) is 0 Å². The number of rotatable bonds is 8. The smallest absolute Gasteiger partial charge is 0.218 e. The van der Waals surface area contributed by atoms with E-state index in [2.05, 4.69) is 40.8 Å². The van der Waals surface area contributed by atoms with Gasteiger partial charge in [0.15, 0.2) is 0 Å². The molecule has 2 unspecified atom stereocenters. The summed E-state index contributed by atoms with van der Waals surface area (Å²) in [5.41, 5.74) is 8.85. The molecule has 3 aromatic rings. The average molecular weight is 351 g/mol. The monoisotopic (exact) mass is 351 g/mol. The van der Waals surface area contributed by atoms with Gasteiger partial charge in [-0.15, -0.1) is 0 Å². The maximum Gasteiger partial charge on any atom is 0.218 e. The number of aromatic nitrogens is 1. The zero-order valence-corrected chi connectivity index (χ0v) is 15.2. The topological polar surface area (TPSA) is 80.1 Å². The van der Waals surface area contributed by atoms with Crippen LogP contribution in [-0.2, 0) is 4.79 Å². The normalized spacial score (nSPS) is 13.5. The van der Waals surface area contributed by atoms with E-state index in [4.69, 9.17) is 10.5 Å². The highest BCUT2D eigenvalue weighted by Gasteiger charge is 2.19. The third kappa shape index (κ3) is 4.06. The number of nitrogens with two attached hydrogens (primary N) is 1. The van der Waals surface area contributed by atoms with E-state index in [1.54, 1.807) is 7.11 Å². The van der Waals surface area contributed by atoms with E-state index in [0.717, 1.165) is 11.3 Å². The van der Waals surface area contributed by atoms with E-state index in [0.29, 0.717) is 13.0 Å². The van der Waals surface area contributed by atoms with Crippen LogP contribution in [0.15, 0.2) is 54.7 Å². The molecule has 0 bridgehead atoms. The van der Waals surface area contributed by atoms with Gasteiger partial charge in [-0.05, 0) is 36.2 Å². The van der Waals surface area contributed by atoms with Crippen LogP contribution < -0.4 is 15.8 Å². The van der Waals surface area contributed by atoms with Crippen molar-refractivity contribution >= 4 is 16.8 Å². The molecule has 4 N–H and O–H groups in total. The van der Waals surface area contributed by atoms with Crippen LogP contribution in [0, 0.1) is 0 Å². The number of benzene rings is 2. The molecule has 2 atom stereocenters. The van der Waals surface area contributed by atoms with Gasteiger partial charge in [0.25, 0.3) is 0 Å². The van der Waals surface area contributed by atoms with Crippen LogP contribution in [0.4, 0.5) is 0 Å². The number of aromatic amines is 1. The number of amides is 1. The molecule has 1 aromatic heterocycles. The Hall–Kier alpha value is -2.79. The third-order valence-corrected chi connectivity index (χ3v) is 4.69. The minimum absolute atomic E-state index is 0.0263. The van der Waals surface area contributed by atoms with Crippen molar-refractivity contribution in [2.45, 2.75) is 25.3 Å². The van der Waals surface area contributed by atoms with Crippen LogP contribution >= 0.6 is 0 Å².